The molecule has 0 saturated carbocycles. The van der Waals surface area contributed by atoms with E-state index in [-0.39, 0.29) is 24.5 Å². The molecule has 2 atom stereocenters. The first kappa shape index (κ1) is 17.0. The van der Waals surface area contributed by atoms with Crippen LogP contribution in [0, 0.1) is 0 Å². The minimum Gasteiger partial charge on any atom is -0.497 e. The van der Waals surface area contributed by atoms with E-state index in [0.29, 0.717) is 26.1 Å². The fourth-order valence-electron chi connectivity index (χ4n) is 3.47. The number of ether oxygens (including phenoxy) is 3. The summed E-state index contributed by atoms with van der Waals surface area (Å²) in [5.74, 6) is 1.67. The van der Waals surface area contributed by atoms with E-state index >= 15 is 0 Å². The van der Waals surface area contributed by atoms with Crippen molar-refractivity contribution in [1.29, 1.82) is 0 Å². The van der Waals surface area contributed by atoms with E-state index in [4.69, 9.17) is 14.2 Å². The number of carbonyl (C=O) groups is 1. The minimum atomic E-state index is -0.446. The molecular weight excluding hydrogens is 310 g/mol. The van der Waals surface area contributed by atoms with Gasteiger partial charge in [-0.1, -0.05) is 6.07 Å². The van der Waals surface area contributed by atoms with Gasteiger partial charge in [-0.25, -0.2) is 0 Å². The number of hydrogen-bond donors (Lipinski definition) is 1. The molecule has 6 nitrogen and oxygen atoms in total. The first-order valence-corrected chi connectivity index (χ1v) is 8.29. The summed E-state index contributed by atoms with van der Waals surface area (Å²) in [6.07, 6.45) is 0.0715. The van der Waals surface area contributed by atoms with Gasteiger partial charge in [0.15, 0.2) is 0 Å². The van der Waals surface area contributed by atoms with Crippen LogP contribution in [-0.4, -0.2) is 61.0 Å². The number of nitrogens with zero attached hydrogens (tertiary/aromatic N) is 1. The number of benzene rings is 1. The summed E-state index contributed by atoms with van der Waals surface area (Å²) < 4.78 is 16.7. The van der Waals surface area contributed by atoms with Crippen LogP contribution >= 0.6 is 0 Å². The van der Waals surface area contributed by atoms with E-state index in [1.54, 1.807) is 12.0 Å². The third-order valence-electron chi connectivity index (χ3n) is 4.56. The van der Waals surface area contributed by atoms with Gasteiger partial charge in [0.05, 0.1) is 32.0 Å². The Morgan fingerprint density at radius 2 is 2.25 bits per heavy atom. The Morgan fingerprint density at radius 3 is 2.96 bits per heavy atom. The fraction of sp³-hybridized carbons (Fsp3) is 0.611. The molecule has 0 bridgehead atoms. The number of fused-ring (bicyclic) bond motifs is 1. The van der Waals surface area contributed by atoms with Gasteiger partial charge < -0.3 is 24.2 Å². The van der Waals surface area contributed by atoms with Crippen molar-refractivity contribution in [1.82, 2.24) is 4.90 Å². The number of carbonyl (C=O) groups excluding carboxylic acids is 1. The zero-order valence-electron chi connectivity index (χ0n) is 14.4. The van der Waals surface area contributed by atoms with Gasteiger partial charge in [0.25, 0.3) is 0 Å². The Bertz CT molecular complexity index is 615. The Labute approximate surface area is 142 Å². The molecule has 1 amide bonds. The number of amides is 1. The maximum atomic E-state index is 12.7. The maximum Gasteiger partial charge on any atom is 0.223 e. The highest BCUT2D eigenvalue weighted by molar-refractivity contribution is 5.78. The summed E-state index contributed by atoms with van der Waals surface area (Å²) in [6.45, 7) is 5.27. The predicted molar refractivity (Wildman–Crippen MR) is 88.5 cm³/mol. The second-order valence-corrected chi connectivity index (χ2v) is 7.07. The summed E-state index contributed by atoms with van der Waals surface area (Å²) >= 11 is 0. The largest absolute Gasteiger partial charge is 0.497 e. The molecule has 132 valence electrons. The number of rotatable bonds is 4. The highest BCUT2D eigenvalue weighted by atomic mass is 16.5. The van der Waals surface area contributed by atoms with E-state index in [2.05, 4.69) is 0 Å². The molecular formula is C18H25NO5. The molecule has 1 fully saturated rings. The summed E-state index contributed by atoms with van der Waals surface area (Å²) in [7, 11) is 1.62. The lowest BCUT2D eigenvalue weighted by molar-refractivity contribution is -0.167. The Kier molecular flexibility index (Phi) is 4.69. The van der Waals surface area contributed by atoms with Gasteiger partial charge in [-0.15, -0.1) is 0 Å². The summed E-state index contributed by atoms with van der Waals surface area (Å²) in [6, 6.07) is 5.73. The molecule has 24 heavy (non-hydrogen) atoms. The molecule has 2 heterocycles. The SMILES string of the molecule is COc1ccc2c(c1)OCC2CC(=O)N1CC(CO)OC(C)(C)C1. The normalized spacial score (nSPS) is 25.1. The van der Waals surface area contributed by atoms with Gasteiger partial charge in [0, 0.05) is 37.1 Å². The van der Waals surface area contributed by atoms with Crippen molar-refractivity contribution in [3.63, 3.8) is 0 Å². The van der Waals surface area contributed by atoms with Crippen molar-refractivity contribution < 1.29 is 24.1 Å². The van der Waals surface area contributed by atoms with Crippen LogP contribution in [0.4, 0.5) is 0 Å². The Morgan fingerprint density at radius 1 is 1.46 bits per heavy atom. The van der Waals surface area contributed by atoms with Gasteiger partial charge >= 0.3 is 0 Å². The van der Waals surface area contributed by atoms with Crippen molar-refractivity contribution >= 4 is 5.91 Å². The van der Waals surface area contributed by atoms with Crippen molar-refractivity contribution in [3.05, 3.63) is 23.8 Å². The quantitative estimate of drug-likeness (QED) is 0.904. The summed E-state index contributed by atoms with van der Waals surface area (Å²) in [4.78, 5) is 14.5. The van der Waals surface area contributed by atoms with Crippen molar-refractivity contribution in [2.45, 2.75) is 37.9 Å². The van der Waals surface area contributed by atoms with Crippen molar-refractivity contribution in [3.8, 4) is 11.5 Å². The lowest BCUT2D eigenvalue weighted by Gasteiger charge is -2.42. The van der Waals surface area contributed by atoms with Crippen LogP contribution in [0.1, 0.15) is 31.7 Å². The molecule has 0 spiro atoms. The topological polar surface area (TPSA) is 68.2 Å². The summed E-state index contributed by atoms with van der Waals surface area (Å²) in [5.41, 5.74) is 0.606. The Balaban J connectivity index is 1.68. The van der Waals surface area contributed by atoms with Gasteiger partial charge in [-0.05, 0) is 19.9 Å². The smallest absolute Gasteiger partial charge is 0.223 e. The molecule has 2 unspecified atom stereocenters. The monoisotopic (exact) mass is 335 g/mol. The van der Waals surface area contributed by atoms with Crippen LogP contribution in [-0.2, 0) is 9.53 Å². The second-order valence-electron chi connectivity index (χ2n) is 7.07. The van der Waals surface area contributed by atoms with Crippen LogP contribution < -0.4 is 9.47 Å². The lowest BCUT2D eigenvalue weighted by Crippen LogP contribution is -2.55. The van der Waals surface area contributed by atoms with Crippen LogP contribution in [0.5, 0.6) is 11.5 Å². The molecule has 0 aromatic heterocycles. The molecule has 2 aliphatic rings. The van der Waals surface area contributed by atoms with Gasteiger partial charge in [-0.2, -0.15) is 0 Å². The van der Waals surface area contributed by atoms with E-state index < -0.39 is 5.60 Å². The third kappa shape index (κ3) is 3.49. The molecule has 0 radical (unpaired) electrons. The number of aliphatic hydroxyl groups excluding tert-OH is 1. The zero-order chi connectivity index (χ0) is 17.3. The van der Waals surface area contributed by atoms with Gasteiger partial charge in [0.1, 0.15) is 11.5 Å². The average Bonchev–Trinajstić information content (AvgIpc) is 2.95. The van der Waals surface area contributed by atoms with E-state index in [0.717, 1.165) is 17.1 Å². The highest BCUT2D eigenvalue weighted by Crippen LogP contribution is 2.38. The van der Waals surface area contributed by atoms with E-state index in [9.17, 15) is 9.90 Å². The number of morpholine rings is 1. The number of aliphatic hydroxyl groups is 1. The van der Waals surface area contributed by atoms with Crippen LogP contribution in [0.25, 0.3) is 0 Å². The number of methoxy groups -OCH3 is 1. The average molecular weight is 335 g/mol. The van der Waals surface area contributed by atoms with E-state index in [1.807, 2.05) is 32.0 Å². The molecule has 6 heteroatoms. The molecule has 3 rings (SSSR count). The molecule has 1 aromatic rings. The first-order chi connectivity index (χ1) is 11.4. The lowest BCUT2D eigenvalue weighted by atomic mass is 9.96. The maximum absolute atomic E-state index is 12.7. The molecule has 2 aliphatic heterocycles. The van der Waals surface area contributed by atoms with Crippen LogP contribution in [0.3, 0.4) is 0 Å². The first-order valence-electron chi connectivity index (χ1n) is 8.29. The standard InChI is InChI=1S/C18H25NO5/c1-18(2)11-19(8-14(9-20)24-18)17(21)6-12-10-23-16-7-13(22-3)4-5-15(12)16/h4-5,7,12,14,20H,6,8-11H2,1-3H3. The molecule has 1 aromatic carbocycles. The zero-order valence-corrected chi connectivity index (χ0v) is 14.4. The van der Waals surface area contributed by atoms with Crippen LogP contribution in [0.15, 0.2) is 18.2 Å². The van der Waals surface area contributed by atoms with Crippen LogP contribution in [0.2, 0.25) is 0 Å². The third-order valence-corrected chi connectivity index (χ3v) is 4.56. The van der Waals surface area contributed by atoms with Gasteiger partial charge in [-0.3, -0.25) is 4.79 Å². The van der Waals surface area contributed by atoms with Gasteiger partial charge in [0.2, 0.25) is 5.91 Å². The second kappa shape index (κ2) is 6.61. The van der Waals surface area contributed by atoms with Crippen molar-refractivity contribution in [2.75, 3.05) is 33.4 Å². The van der Waals surface area contributed by atoms with E-state index in [1.165, 1.54) is 0 Å². The minimum absolute atomic E-state index is 0.0527. The number of hydrogen-bond acceptors (Lipinski definition) is 5. The molecule has 0 aliphatic carbocycles. The molecule has 1 saturated heterocycles. The fourth-order valence-corrected chi connectivity index (χ4v) is 3.47. The predicted octanol–water partition coefficient (Wildman–Crippen LogP) is 1.56. The Hall–Kier alpha value is -1.79. The molecule has 1 N–H and O–H groups in total. The highest BCUT2D eigenvalue weighted by Gasteiger charge is 2.37. The summed E-state index contributed by atoms with van der Waals surface area (Å²) in [5, 5.41) is 9.39. The van der Waals surface area contributed by atoms with Crippen molar-refractivity contribution in [2.24, 2.45) is 0 Å².